The van der Waals surface area contributed by atoms with Gasteiger partial charge in [0.1, 0.15) is 7.11 Å². The summed E-state index contributed by atoms with van der Waals surface area (Å²) in [6, 6.07) is 0. The molecule has 0 radical (unpaired) electrons. The maximum absolute atomic E-state index is 4.70. The van der Waals surface area contributed by atoms with Crippen LogP contribution in [0.1, 0.15) is 46.0 Å². The molecule has 16 heavy (non-hydrogen) atoms. The molecule has 0 aromatic carbocycles. The lowest BCUT2D eigenvalue weighted by Crippen LogP contribution is -2.07. The second-order valence-electron chi connectivity index (χ2n) is 4.65. The van der Waals surface area contributed by atoms with E-state index in [-0.39, 0.29) is 0 Å². The highest BCUT2D eigenvalue weighted by molar-refractivity contribution is 5.60. The zero-order chi connectivity index (χ0) is 11.8. The molecule has 2 nitrogen and oxygen atoms in total. The molecule has 0 bridgehead atoms. The van der Waals surface area contributed by atoms with Crippen molar-refractivity contribution in [3.8, 4) is 0 Å². The maximum atomic E-state index is 4.70. The molecule has 0 heterocycles. The molecule has 0 aromatic heterocycles. The summed E-state index contributed by atoms with van der Waals surface area (Å²) >= 11 is 0. The van der Waals surface area contributed by atoms with Gasteiger partial charge in [-0.1, -0.05) is 28.5 Å². The summed E-state index contributed by atoms with van der Waals surface area (Å²) < 4.78 is 0. The van der Waals surface area contributed by atoms with Crippen LogP contribution in [0.25, 0.3) is 0 Å². The van der Waals surface area contributed by atoms with Crippen LogP contribution in [0.2, 0.25) is 0 Å². The Bertz CT molecular complexity index is 285. The summed E-state index contributed by atoms with van der Waals surface area (Å²) in [6.45, 7) is 4.32. The first-order valence-corrected chi connectivity index (χ1v) is 6.10. The number of nitrogens with zero attached hydrogens (tertiary/aromatic N) is 1. The first-order valence-electron chi connectivity index (χ1n) is 6.10. The van der Waals surface area contributed by atoms with Crippen LogP contribution in [-0.4, -0.2) is 13.3 Å². The average Bonchev–Trinajstić information content (AvgIpc) is 2.27. The van der Waals surface area contributed by atoms with Gasteiger partial charge < -0.3 is 4.84 Å². The lowest BCUT2D eigenvalue weighted by molar-refractivity contribution is 0.213. The van der Waals surface area contributed by atoms with Gasteiger partial charge in [0, 0.05) is 12.1 Å². The van der Waals surface area contributed by atoms with Crippen molar-refractivity contribution in [2.45, 2.75) is 46.0 Å². The highest BCUT2D eigenvalue weighted by atomic mass is 16.6. The zero-order valence-electron chi connectivity index (χ0n) is 10.7. The van der Waals surface area contributed by atoms with Crippen molar-refractivity contribution in [2.24, 2.45) is 11.1 Å². The van der Waals surface area contributed by atoms with Crippen LogP contribution < -0.4 is 0 Å². The minimum absolute atomic E-state index is 0.576. The van der Waals surface area contributed by atoms with Gasteiger partial charge in [0.15, 0.2) is 0 Å². The van der Waals surface area contributed by atoms with E-state index in [1.54, 1.807) is 12.7 Å². The Kier molecular flexibility index (Phi) is 5.91. The van der Waals surface area contributed by atoms with Gasteiger partial charge in [0.25, 0.3) is 0 Å². The SMILES string of the molecule is CON=CC1CC=C(CCC=C(C)C)CC1. The molecule has 1 rings (SSSR count). The van der Waals surface area contributed by atoms with Crippen molar-refractivity contribution in [3.05, 3.63) is 23.3 Å². The number of allylic oxidation sites excluding steroid dienone is 4. The second-order valence-corrected chi connectivity index (χ2v) is 4.65. The lowest BCUT2D eigenvalue weighted by atomic mass is 9.88. The third-order valence-electron chi connectivity index (χ3n) is 2.94. The van der Waals surface area contributed by atoms with Crippen molar-refractivity contribution in [3.63, 3.8) is 0 Å². The molecule has 90 valence electrons. The fourth-order valence-electron chi connectivity index (χ4n) is 1.96. The van der Waals surface area contributed by atoms with Gasteiger partial charge in [-0.05, 0) is 46.0 Å². The highest BCUT2D eigenvalue weighted by Gasteiger charge is 2.12. The van der Waals surface area contributed by atoms with E-state index in [9.17, 15) is 0 Å². The molecule has 1 atom stereocenters. The topological polar surface area (TPSA) is 21.6 Å². The van der Waals surface area contributed by atoms with Crippen LogP contribution in [0.15, 0.2) is 28.5 Å². The molecule has 1 aliphatic rings. The third kappa shape index (κ3) is 5.15. The molecule has 0 aliphatic heterocycles. The number of hydrogen-bond acceptors (Lipinski definition) is 2. The Balaban J connectivity index is 2.29. The fraction of sp³-hybridized carbons (Fsp3) is 0.643. The Hall–Kier alpha value is -1.05. The van der Waals surface area contributed by atoms with Crippen LogP contribution in [0.5, 0.6) is 0 Å². The Labute approximate surface area is 99.1 Å². The Morgan fingerprint density at radius 3 is 2.94 bits per heavy atom. The van der Waals surface area contributed by atoms with E-state index in [0.29, 0.717) is 5.92 Å². The van der Waals surface area contributed by atoms with Gasteiger partial charge in [-0.3, -0.25) is 0 Å². The van der Waals surface area contributed by atoms with Gasteiger partial charge in [0.05, 0.1) is 0 Å². The van der Waals surface area contributed by atoms with E-state index >= 15 is 0 Å². The van der Waals surface area contributed by atoms with Crippen molar-refractivity contribution >= 4 is 6.21 Å². The molecule has 1 aliphatic carbocycles. The molecule has 0 spiro atoms. The largest absolute Gasteiger partial charge is 0.399 e. The first kappa shape index (κ1) is 13.0. The van der Waals surface area contributed by atoms with Crippen LogP contribution in [-0.2, 0) is 4.84 Å². The Morgan fingerprint density at radius 1 is 1.56 bits per heavy atom. The van der Waals surface area contributed by atoms with Gasteiger partial charge in [-0.25, -0.2) is 0 Å². The van der Waals surface area contributed by atoms with Gasteiger partial charge in [-0.15, -0.1) is 0 Å². The Morgan fingerprint density at radius 2 is 2.38 bits per heavy atom. The summed E-state index contributed by atoms with van der Waals surface area (Å²) in [4.78, 5) is 4.70. The molecule has 1 unspecified atom stereocenters. The molecule has 0 aromatic rings. The smallest absolute Gasteiger partial charge is 0.106 e. The minimum Gasteiger partial charge on any atom is -0.399 e. The lowest BCUT2D eigenvalue weighted by Gasteiger charge is -2.17. The fourth-order valence-corrected chi connectivity index (χ4v) is 1.96. The zero-order valence-corrected chi connectivity index (χ0v) is 10.7. The van der Waals surface area contributed by atoms with Crippen molar-refractivity contribution in [2.75, 3.05) is 7.11 Å². The van der Waals surface area contributed by atoms with Gasteiger partial charge in [0.2, 0.25) is 0 Å². The van der Waals surface area contributed by atoms with Gasteiger partial charge in [-0.2, -0.15) is 0 Å². The van der Waals surface area contributed by atoms with Crippen molar-refractivity contribution in [1.82, 2.24) is 0 Å². The minimum atomic E-state index is 0.576. The molecule has 0 amide bonds. The standard InChI is InChI=1S/C14H23NO/c1-12(2)5-4-6-13-7-9-14(10-8-13)11-15-16-3/h5,7,11,14H,4,6,8-10H2,1-3H3. The molecule has 0 saturated heterocycles. The predicted molar refractivity (Wildman–Crippen MR) is 69.6 cm³/mol. The van der Waals surface area contributed by atoms with E-state index < -0.39 is 0 Å². The monoisotopic (exact) mass is 221 g/mol. The third-order valence-corrected chi connectivity index (χ3v) is 2.94. The summed E-state index contributed by atoms with van der Waals surface area (Å²) in [6.07, 6.45) is 12.6. The van der Waals surface area contributed by atoms with Gasteiger partial charge >= 0.3 is 0 Å². The maximum Gasteiger partial charge on any atom is 0.106 e. The van der Waals surface area contributed by atoms with Crippen molar-refractivity contribution < 1.29 is 4.84 Å². The van der Waals surface area contributed by atoms with E-state index in [1.807, 2.05) is 6.21 Å². The second kappa shape index (κ2) is 7.26. The van der Waals surface area contributed by atoms with E-state index in [4.69, 9.17) is 4.84 Å². The number of oxime groups is 1. The highest BCUT2D eigenvalue weighted by Crippen LogP contribution is 2.25. The van der Waals surface area contributed by atoms with E-state index in [1.165, 1.54) is 31.3 Å². The van der Waals surface area contributed by atoms with Crippen LogP contribution >= 0.6 is 0 Å². The molecular formula is C14H23NO. The molecule has 2 heteroatoms. The summed E-state index contributed by atoms with van der Waals surface area (Å²) in [5.41, 5.74) is 3.03. The van der Waals surface area contributed by atoms with E-state index in [2.05, 4.69) is 31.2 Å². The molecular weight excluding hydrogens is 198 g/mol. The summed E-state index contributed by atoms with van der Waals surface area (Å²) in [5.74, 6) is 0.576. The van der Waals surface area contributed by atoms with Crippen LogP contribution in [0.4, 0.5) is 0 Å². The quantitative estimate of drug-likeness (QED) is 0.389. The number of rotatable bonds is 5. The molecule has 0 fully saturated rings. The predicted octanol–water partition coefficient (Wildman–Crippen LogP) is 4.09. The molecule has 0 saturated carbocycles. The normalized spacial score (nSPS) is 20.7. The summed E-state index contributed by atoms with van der Waals surface area (Å²) in [7, 11) is 1.60. The number of hydrogen-bond donors (Lipinski definition) is 0. The average molecular weight is 221 g/mol. The molecule has 0 N–H and O–H groups in total. The van der Waals surface area contributed by atoms with Crippen LogP contribution in [0.3, 0.4) is 0 Å². The van der Waals surface area contributed by atoms with Crippen molar-refractivity contribution in [1.29, 1.82) is 0 Å². The summed E-state index contributed by atoms with van der Waals surface area (Å²) in [5, 5.41) is 3.84. The van der Waals surface area contributed by atoms with Crippen LogP contribution in [0, 0.1) is 5.92 Å². The van der Waals surface area contributed by atoms with E-state index in [0.717, 1.165) is 6.42 Å². The first-order chi connectivity index (χ1) is 7.72.